The molecule has 102 valence electrons. The van der Waals surface area contributed by atoms with Gasteiger partial charge in [-0.25, -0.2) is 4.98 Å². The molecule has 3 nitrogen and oxygen atoms in total. The van der Waals surface area contributed by atoms with Crippen LogP contribution in [0.3, 0.4) is 0 Å². The van der Waals surface area contributed by atoms with E-state index in [1.165, 1.54) is 44.5 Å². The molecule has 1 heterocycles. The molecular formula is C15H27N3. The zero-order valence-corrected chi connectivity index (χ0v) is 12.1. The predicted molar refractivity (Wildman–Crippen MR) is 75.6 cm³/mol. The molecule has 0 saturated heterocycles. The van der Waals surface area contributed by atoms with Gasteiger partial charge in [-0.15, -0.1) is 0 Å². The van der Waals surface area contributed by atoms with Crippen LogP contribution in [0.25, 0.3) is 0 Å². The number of nitrogens with one attached hydrogen (secondary N) is 1. The van der Waals surface area contributed by atoms with E-state index in [4.69, 9.17) is 0 Å². The van der Waals surface area contributed by atoms with Gasteiger partial charge in [0, 0.05) is 31.9 Å². The fourth-order valence-corrected chi connectivity index (χ4v) is 3.12. The number of hydrogen-bond donors (Lipinski definition) is 1. The Balaban J connectivity index is 1.80. The van der Waals surface area contributed by atoms with Crippen LogP contribution in [0.2, 0.25) is 0 Å². The van der Waals surface area contributed by atoms with Gasteiger partial charge < -0.3 is 9.88 Å². The van der Waals surface area contributed by atoms with Crippen LogP contribution < -0.4 is 5.32 Å². The zero-order chi connectivity index (χ0) is 13.0. The van der Waals surface area contributed by atoms with Gasteiger partial charge in [0.05, 0.1) is 0 Å². The van der Waals surface area contributed by atoms with Gasteiger partial charge in [-0.1, -0.05) is 13.8 Å². The van der Waals surface area contributed by atoms with Gasteiger partial charge in [0.25, 0.3) is 0 Å². The van der Waals surface area contributed by atoms with Gasteiger partial charge in [0.15, 0.2) is 0 Å². The Bertz CT molecular complexity index is 372. The van der Waals surface area contributed by atoms with Crippen molar-refractivity contribution >= 4 is 0 Å². The normalized spacial score (nSPS) is 27.8. The Kier molecular flexibility index (Phi) is 4.44. The summed E-state index contributed by atoms with van der Waals surface area (Å²) in [6, 6.07) is 0.747. The van der Waals surface area contributed by atoms with Crippen LogP contribution in [0.15, 0.2) is 12.4 Å². The van der Waals surface area contributed by atoms with Crippen LogP contribution in [0.5, 0.6) is 0 Å². The quantitative estimate of drug-likeness (QED) is 0.840. The highest BCUT2D eigenvalue weighted by Crippen LogP contribution is 2.41. The molecule has 2 unspecified atom stereocenters. The Hall–Kier alpha value is -0.830. The number of nitrogens with zero attached hydrogens (tertiary/aromatic N) is 2. The molecule has 1 fully saturated rings. The van der Waals surface area contributed by atoms with Crippen molar-refractivity contribution in [1.29, 1.82) is 0 Å². The first-order valence-corrected chi connectivity index (χ1v) is 7.32. The molecule has 2 atom stereocenters. The minimum absolute atomic E-state index is 0.511. The summed E-state index contributed by atoms with van der Waals surface area (Å²) in [7, 11) is 2.09. The van der Waals surface area contributed by atoms with Crippen molar-refractivity contribution in [2.75, 3.05) is 6.54 Å². The SMILES string of the molecule is CCCNC1CCC(C)(CCc2nccn2C)C1. The van der Waals surface area contributed by atoms with Gasteiger partial charge in [-0.3, -0.25) is 0 Å². The Morgan fingerprint density at radius 3 is 3.06 bits per heavy atom. The summed E-state index contributed by atoms with van der Waals surface area (Å²) >= 11 is 0. The van der Waals surface area contributed by atoms with Crippen molar-refractivity contribution in [3.8, 4) is 0 Å². The highest BCUT2D eigenvalue weighted by Gasteiger charge is 2.34. The van der Waals surface area contributed by atoms with Gasteiger partial charge in [0.1, 0.15) is 5.82 Å². The fraction of sp³-hybridized carbons (Fsp3) is 0.800. The zero-order valence-electron chi connectivity index (χ0n) is 12.1. The lowest BCUT2D eigenvalue weighted by molar-refractivity contribution is 0.295. The molecule has 1 aliphatic carbocycles. The van der Waals surface area contributed by atoms with E-state index in [2.05, 4.69) is 35.8 Å². The number of hydrogen-bond acceptors (Lipinski definition) is 2. The lowest BCUT2D eigenvalue weighted by Crippen LogP contribution is -2.28. The molecule has 0 bridgehead atoms. The van der Waals surface area contributed by atoms with Crippen molar-refractivity contribution in [3.63, 3.8) is 0 Å². The Labute approximate surface area is 111 Å². The Morgan fingerprint density at radius 1 is 1.56 bits per heavy atom. The minimum Gasteiger partial charge on any atom is -0.338 e. The maximum absolute atomic E-state index is 4.42. The van der Waals surface area contributed by atoms with E-state index in [-0.39, 0.29) is 0 Å². The molecule has 0 aromatic carbocycles. The highest BCUT2D eigenvalue weighted by atomic mass is 15.0. The highest BCUT2D eigenvalue weighted by molar-refractivity contribution is 4.95. The lowest BCUT2D eigenvalue weighted by Gasteiger charge is -2.24. The summed E-state index contributed by atoms with van der Waals surface area (Å²) in [4.78, 5) is 4.42. The summed E-state index contributed by atoms with van der Waals surface area (Å²) in [6.07, 6.45) is 11.6. The summed E-state index contributed by atoms with van der Waals surface area (Å²) in [5.41, 5.74) is 0.511. The van der Waals surface area contributed by atoms with Crippen LogP contribution in [-0.4, -0.2) is 22.1 Å². The molecule has 1 aromatic rings. The minimum atomic E-state index is 0.511. The maximum atomic E-state index is 4.42. The van der Waals surface area contributed by atoms with Crippen molar-refractivity contribution in [1.82, 2.24) is 14.9 Å². The first-order valence-electron chi connectivity index (χ1n) is 7.32. The number of rotatable bonds is 6. The van der Waals surface area contributed by atoms with E-state index >= 15 is 0 Å². The first kappa shape index (κ1) is 13.6. The topological polar surface area (TPSA) is 29.9 Å². The Morgan fingerprint density at radius 2 is 2.39 bits per heavy atom. The first-order chi connectivity index (χ1) is 8.63. The van der Waals surface area contributed by atoms with Gasteiger partial charge >= 0.3 is 0 Å². The van der Waals surface area contributed by atoms with Gasteiger partial charge in [-0.2, -0.15) is 0 Å². The number of imidazole rings is 1. The van der Waals surface area contributed by atoms with E-state index in [0.29, 0.717) is 5.41 Å². The molecular weight excluding hydrogens is 222 g/mol. The smallest absolute Gasteiger partial charge is 0.108 e. The van der Waals surface area contributed by atoms with E-state index in [9.17, 15) is 0 Å². The van der Waals surface area contributed by atoms with Gasteiger partial charge in [0.2, 0.25) is 0 Å². The molecule has 0 radical (unpaired) electrons. The summed E-state index contributed by atoms with van der Waals surface area (Å²) in [5.74, 6) is 1.22. The second-order valence-corrected chi connectivity index (χ2v) is 6.16. The molecule has 1 N–H and O–H groups in total. The van der Waals surface area contributed by atoms with Gasteiger partial charge in [-0.05, 0) is 44.1 Å². The molecule has 0 aliphatic heterocycles. The van der Waals surface area contributed by atoms with Crippen LogP contribution in [0, 0.1) is 5.41 Å². The molecule has 1 aromatic heterocycles. The van der Waals surface area contributed by atoms with Crippen LogP contribution in [-0.2, 0) is 13.5 Å². The monoisotopic (exact) mass is 249 g/mol. The largest absolute Gasteiger partial charge is 0.338 e. The molecule has 18 heavy (non-hydrogen) atoms. The standard InChI is InChI=1S/C15H27N3/c1-4-9-16-13-5-7-15(2,12-13)8-6-14-17-10-11-18(14)3/h10-11,13,16H,4-9,12H2,1-3H3. The summed E-state index contributed by atoms with van der Waals surface area (Å²) < 4.78 is 2.14. The van der Waals surface area contributed by atoms with E-state index in [1.54, 1.807) is 0 Å². The molecule has 0 amide bonds. The van der Waals surface area contributed by atoms with E-state index in [1.807, 2.05) is 12.4 Å². The molecule has 3 heteroatoms. The maximum Gasteiger partial charge on any atom is 0.108 e. The third kappa shape index (κ3) is 3.35. The average Bonchev–Trinajstić information content (AvgIpc) is 2.92. The summed E-state index contributed by atoms with van der Waals surface area (Å²) in [6.45, 7) is 5.85. The average molecular weight is 249 g/mol. The van der Waals surface area contributed by atoms with Crippen molar-refractivity contribution in [3.05, 3.63) is 18.2 Å². The fourth-order valence-electron chi connectivity index (χ4n) is 3.12. The van der Waals surface area contributed by atoms with Crippen LogP contribution >= 0.6 is 0 Å². The van der Waals surface area contributed by atoms with Crippen molar-refractivity contribution < 1.29 is 0 Å². The predicted octanol–water partition coefficient (Wildman–Crippen LogP) is 2.91. The van der Waals surface area contributed by atoms with Crippen LogP contribution in [0.1, 0.15) is 51.8 Å². The third-order valence-electron chi connectivity index (χ3n) is 4.39. The second-order valence-electron chi connectivity index (χ2n) is 6.16. The van der Waals surface area contributed by atoms with E-state index in [0.717, 1.165) is 12.5 Å². The summed E-state index contributed by atoms with van der Waals surface area (Å²) in [5, 5.41) is 3.67. The van der Waals surface area contributed by atoms with Crippen LogP contribution in [0.4, 0.5) is 0 Å². The number of aromatic nitrogens is 2. The molecule has 1 saturated carbocycles. The lowest BCUT2D eigenvalue weighted by atomic mass is 9.83. The third-order valence-corrected chi connectivity index (χ3v) is 4.39. The van der Waals surface area contributed by atoms with Crippen molar-refractivity contribution in [2.24, 2.45) is 12.5 Å². The molecule has 2 rings (SSSR count). The van der Waals surface area contributed by atoms with E-state index < -0.39 is 0 Å². The second kappa shape index (κ2) is 5.87. The number of aryl methyl sites for hydroxylation is 2. The molecule has 1 aliphatic rings. The molecule has 0 spiro atoms. The van der Waals surface area contributed by atoms with Crippen molar-refractivity contribution in [2.45, 2.75) is 58.4 Å².